The van der Waals surface area contributed by atoms with Crippen LogP contribution in [-0.4, -0.2) is 41.7 Å². The summed E-state index contributed by atoms with van der Waals surface area (Å²) >= 11 is 6.74. The molecule has 1 aliphatic heterocycles. The number of pyridine rings is 1. The number of alkyl halides is 3. The predicted octanol–water partition coefficient (Wildman–Crippen LogP) is 3.11. The van der Waals surface area contributed by atoms with Gasteiger partial charge in [-0.15, -0.1) is 0 Å². The standard InChI is InChI=1S/C14H16ClF3N2O3S/c1-13(2)22-6-9(23-13)5-19-11(21)7-24-12-10(15)3-8(4-20-12)14(16,17)18/h3-4,9H,5-7H2,1-2H3,(H,19,21). The monoisotopic (exact) mass is 384 g/mol. The Bertz CT molecular complexity index is 613. The van der Waals surface area contributed by atoms with Crippen LogP contribution in [-0.2, 0) is 20.4 Å². The third kappa shape index (κ3) is 5.51. The molecule has 5 nitrogen and oxygen atoms in total. The summed E-state index contributed by atoms with van der Waals surface area (Å²) in [7, 11) is 0. The number of hydrogen-bond donors (Lipinski definition) is 1. The lowest BCUT2D eigenvalue weighted by Gasteiger charge is -2.17. The zero-order valence-corrected chi connectivity index (χ0v) is 14.5. The number of hydrogen-bond acceptors (Lipinski definition) is 5. The number of ether oxygens (including phenoxy) is 2. The largest absolute Gasteiger partial charge is 0.417 e. The maximum absolute atomic E-state index is 12.5. The van der Waals surface area contributed by atoms with Gasteiger partial charge in [-0.3, -0.25) is 4.79 Å². The number of amides is 1. The molecular formula is C14H16ClF3N2O3S. The summed E-state index contributed by atoms with van der Waals surface area (Å²) in [5, 5.41) is 2.70. The number of aromatic nitrogens is 1. The van der Waals surface area contributed by atoms with Crippen molar-refractivity contribution in [2.45, 2.75) is 36.9 Å². The van der Waals surface area contributed by atoms with Gasteiger partial charge in [-0.05, 0) is 19.9 Å². The highest BCUT2D eigenvalue weighted by atomic mass is 35.5. The van der Waals surface area contributed by atoms with Crippen LogP contribution >= 0.6 is 23.4 Å². The van der Waals surface area contributed by atoms with Crippen molar-refractivity contribution in [1.82, 2.24) is 10.3 Å². The summed E-state index contributed by atoms with van der Waals surface area (Å²) in [6.45, 7) is 4.23. The Labute approximate surface area is 146 Å². The molecule has 0 aliphatic carbocycles. The van der Waals surface area contributed by atoms with Crippen LogP contribution in [0.25, 0.3) is 0 Å². The van der Waals surface area contributed by atoms with Gasteiger partial charge in [0, 0.05) is 12.7 Å². The van der Waals surface area contributed by atoms with E-state index in [1.54, 1.807) is 13.8 Å². The molecule has 24 heavy (non-hydrogen) atoms. The summed E-state index contributed by atoms with van der Waals surface area (Å²) in [5.41, 5.74) is -0.928. The molecule has 1 atom stereocenters. The zero-order valence-electron chi connectivity index (χ0n) is 12.9. The molecule has 0 spiro atoms. The highest BCUT2D eigenvalue weighted by Crippen LogP contribution is 2.33. The molecule has 1 N–H and O–H groups in total. The fourth-order valence-corrected chi connectivity index (χ4v) is 2.99. The predicted molar refractivity (Wildman–Crippen MR) is 82.9 cm³/mol. The highest BCUT2D eigenvalue weighted by molar-refractivity contribution is 8.00. The second-order valence-corrected chi connectivity index (χ2v) is 6.92. The summed E-state index contributed by atoms with van der Waals surface area (Å²) in [6, 6.07) is 0.792. The van der Waals surface area contributed by atoms with E-state index >= 15 is 0 Å². The number of halogens is 4. The smallest absolute Gasteiger partial charge is 0.353 e. The van der Waals surface area contributed by atoms with Crippen molar-refractivity contribution in [2.75, 3.05) is 18.9 Å². The van der Waals surface area contributed by atoms with Crippen LogP contribution in [0.3, 0.4) is 0 Å². The van der Waals surface area contributed by atoms with E-state index in [2.05, 4.69) is 10.3 Å². The normalized spacial score (nSPS) is 20.2. The summed E-state index contributed by atoms with van der Waals surface area (Å²) in [5.74, 6) is -0.984. The number of carbonyl (C=O) groups excluding carboxylic acids is 1. The molecule has 2 rings (SSSR count). The minimum absolute atomic E-state index is 0.0188. The zero-order chi connectivity index (χ0) is 18.0. The number of carbonyl (C=O) groups is 1. The lowest BCUT2D eigenvalue weighted by atomic mass is 10.3. The van der Waals surface area contributed by atoms with E-state index < -0.39 is 17.5 Å². The van der Waals surface area contributed by atoms with E-state index in [1.807, 2.05) is 0 Å². The van der Waals surface area contributed by atoms with Crippen molar-refractivity contribution in [3.8, 4) is 0 Å². The van der Waals surface area contributed by atoms with Gasteiger partial charge < -0.3 is 14.8 Å². The lowest BCUT2D eigenvalue weighted by molar-refractivity contribution is -0.139. The lowest BCUT2D eigenvalue weighted by Crippen LogP contribution is -2.35. The molecule has 0 radical (unpaired) electrons. The molecule has 1 aromatic heterocycles. The Morgan fingerprint density at radius 3 is 2.79 bits per heavy atom. The molecule has 1 fully saturated rings. The fraction of sp³-hybridized carbons (Fsp3) is 0.571. The van der Waals surface area contributed by atoms with Gasteiger partial charge >= 0.3 is 6.18 Å². The van der Waals surface area contributed by atoms with Crippen LogP contribution in [0.5, 0.6) is 0 Å². The van der Waals surface area contributed by atoms with E-state index in [0.717, 1.165) is 17.8 Å². The van der Waals surface area contributed by atoms with Gasteiger partial charge in [0.15, 0.2) is 5.79 Å². The second kappa shape index (κ2) is 7.47. The molecule has 134 valence electrons. The average molecular weight is 385 g/mol. The molecule has 1 amide bonds. The van der Waals surface area contributed by atoms with Crippen LogP contribution in [0, 0.1) is 0 Å². The van der Waals surface area contributed by atoms with Crippen molar-refractivity contribution >= 4 is 29.3 Å². The average Bonchev–Trinajstić information content (AvgIpc) is 2.82. The van der Waals surface area contributed by atoms with E-state index in [1.165, 1.54) is 0 Å². The van der Waals surface area contributed by atoms with E-state index in [9.17, 15) is 18.0 Å². The Balaban J connectivity index is 1.80. The number of nitrogens with zero attached hydrogens (tertiary/aromatic N) is 1. The van der Waals surface area contributed by atoms with Crippen LogP contribution < -0.4 is 5.32 Å². The van der Waals surface area contributed by atoms with Crippen molar-refractivity contribution in [2.24, 2.45) is 0 Å². The Morgan fingerprint density at radius 2 is 2.25 bits per heavy atom. The van der Waals surface area contributed by atoms with Gasteiger partial charge in [-0.2, -0.15) is 13.2 Å². The summed E-state index contributed by atoms with van der Waals surface area (Å²) in [6.07, 6.45) is -4.05. The fourth-order valence-electron chi connectivity index (χ4n) is 1.96. The Kier molecular flexibility index (Phi) is 6.00. The van der Waals surface area contributed by atoms with Crippen molar-refractivity contribution in [3.05, 3.63) is 22.8 Å². The Hall–Kier alpha value is -1.03. The van der Waals surface area contributed by atoms with Crippen molar-refractivity contribution in [3.63, 3.8) is 0 Å². The molecule has 10 heteroatoms. The van der Waals surface area contributed by atoms with Crippen LogP contribution in [0.1, 0.15) is 19.4 Å². The topological polar surface area (TPSA) is 60.5 Å². The molecule has 0 aromatic carbocycles. The number of rotatable bonds is 5. The van der Waals surface area contributed by atoms with Gasteiger partial charge in [0.2, 0.25) is 5.91 Å². The Morgan fingerprint density at radius 1 is 1.54 bits per heavy atom. The molecular weight excluding hydrogens is 369 g/mol. The van der Waals surface area contributed by atoms with E-state index in [0.29, 0.717) is 12.8 Å². The molecule has 0 bridgehead atoms. The first kappa shape index (κ1) is 19.3. The van der Waals surface area contributed by atoms with Crippen molar-refractivity contribution in [1.29, 1.82) is 0 Å². The minimum atomic E-state index is -4.51. The summed E-state index contributed by atoms with van der Waals surface area (Å²) in [4.78, 5) is 15.5. The van der Waals surface area contributed by atoms with Crippen molar-refractivity contribution < 1.29 is 27.4 Å². The van der Waals surface area contributed by atoms with Crippen LogP contribution in [0.4, 0.5) is 13.2 Å². The minimum Gasteiger partial charge on any atom is -0.353 e. The molecule has 1 aliphatic rings. The number of nitrogens with one attached hydrogen (secondary N) is 1. The summed E-state index contributed by atoms with van der Waals surface area (Å²) < 4.78 is 48.5. The molecule has 2 heterocycles. The first-order valence-electron chi connectivity index (χ1n) is 7.01. The molecule has 1 aromatic rings. The van der Waals surface area contributed by atoms with E-state index in [-0.39, 0.29) is 34.4 Å². The van der Waals surface area contributed by atoms with Gasteiger partial charge in [0.05, 0.1) is 22.9 Å². The molecule has 1 saturated heterocycles. The SMILES string of the molecule is CC1(C)OCC(CNC(=O)CSc2ncc(C(F)(F)F)cc2Cl)O1. The van der Waals surface area contributed by atoms with E-state index in [4.69, 9.17) is 21.1 Å². The van der Waals surface area contributed by atoms with Gasteiger partial charge in [0.25, 0.3) is 0 Å². The van der Waals surface area contributed by atoms with Gasteiger partial charge in [-0.1, -0.05) is 23.4 Å². The molecule has 0 saturated carbocycles. The van der Waals surface area contributed by atoms with Gasteiger partial charge in [0.1, 0.15) is 11.1 Å². The van der Waals surface area contributed by atoms with Crippen LogP contribution in [0.2, 0.25) is 5.02 Å². The maximum Gasteiger partial charge on any atom is 0.417 e. The van der Waals surface area contributed by atoms with Crippen LogP contribution in [0.15, 0.2) is 17.3 Å². The maximum atomic E-state index is 12.5. The number of thioether (sulfide) groups is 1. The molecule has 1 unspecified atom stereocenters. The van der Waals surface area contributed by atoms with Gasteiger partial charge in [-0.25, -0.2) is 4.98 Å². The highest BCUT2D eigenvalue weighted by Gasteiger charge is 2.33. The quantitative estimate of drug-likeness (QED) is 0.790. The first-order chi connectivity index (χ1) is 11.1. The first-order valence-corrected chi connectivity index (χ1v) is 8.37. The third-order valence-corrected chi connectivity index (χ3v) is 4.47. The third-order valence-electron chi connectivity index (χ3n) is 3.07. The second-order valence-electron chi connectivity index (χ2n) is 5.55.